The molecule has 0 saturated heterocycles. The van der Waals surface area contributed by atoms with Gasteiger partial charge in [-0.15, -0.1) is 0 Å². The lowest BCUT2D eigenvalue weighted by atomic mass is 10.1. The first-order chi connectivity index (χ1) is 11.8. The fraction of sp³-hybridized carbons (Fsp3) is 0.125. The normalized spacial score (nSPS) is 10.2. The van der Waals surface area contributed by atoms with Gasteiger partial charge in [-0.1, -0.05) is 23.2 Å². The summed E-state index contributed by atoms with van der Waals surface area (Å²) in [7, 11) is 1.27. The number of nitro groups is 1. The van der Waals surface area contributed by atoms with Gasteiger partial charge in [0, 0.05) is 11.6 Å². The van der Waals surface area contributed by atoms with Gasteiger partial charge in [0.15, 0.2) is 18.1 Å². The second-order valence-corrected chi connectivity index (χ2v) is 5.59. The van der Waals surface area contributed by atoms with Gasteiger partial charge in [0.1, 0.15) is 0 Å². The molecule has 0 aliphatic rings. The van der Waals surface area contributed by atoms with Crippen molar-refractivity contribution in [3.8, 4) is 5.75 Å². The third-order valence-corrected chi connectivity index (χ3v) is 3.93. The van der Waals surface area contributed by atoms with Crippen LogP contribution in [0.2, 0.25) is 10.0 Å². The van der Waals surface area contributed by atoms with Crippen molar-refractivity contribution in [2.45, 2.75) is 0 Å². The molecule has 0 aliphatic heterocycles. The average molecular weight is 384 g/mol. The Labute approximate surface area is 152 Å². The maximum Gasteiger partial charge on any atom is 0.338 e. The highest BCUT2D eigenvalue weighted by Gasteiger charge is 2.20. The van der Waals surface area contributed by atoms with E-state index in [0.29, 0.717) is 5.02 Å². The van der Waals surface area contributed by atoms with Crippen LogP contribution in [0.1, 0.15) is 20.7 Å². The largest absolute Gasteiger partial charge is 0.490 e. The van der Waals surface area contributed by atoms with E-state index in [-0.39, 0.29) is 27.6 Å². The van der Waals surface area contributed by atoms with Gasteiger partial charge in [-0.2, -0.15) is 0 Å². The molecule has 0 atom stereocenters. The Balaban J connectivity index is 2.09. The van der Waals surface area contributed by atoms with Gasteiger partial charge in [0.25, 0.3) is 0 Å². The van der Waals surface area contributed by atoms with E-state index < -0.39 is 23.3 Å². The maximum atomic E-state index is 12.0. The van der Waals surface area contributed by atoms with E-state index in [1.54, 1.807) is 0 Å². The molecule has 0 aliphatic carbocycles. The monoisotopic (exact) mass is 383 g/mol. The number of nitro benzene ring substituents is 1. The molecular weight excluding hydrogens is 373 g/mol. The minimum atomic E-state index is -0.876. The average Bonchev–Trinajstić information content (AvgIpc) is 2.60. The van der Waals surface area contributed by atoms with Crippen molar-refractivity contribution in [3.05, 3.63) is 67.7 Å². The summed E-state index contributed by atoms with van der Waals surface area (Å²) in [4.78, 5) is 34.3. The topological polar surface area (TPSA) is 95.7 Å². The first-order valence-corrected chi connectivity index (χ1v) is 7.57. The van der Waals surface area contributed by atoms with Crippen LogP contribution in [-0.4, -0.2) is 30.4 Å². The van der Waals surface area contributed by atoms with E-state index in [1.807, 2.05) is 0 Å². The quantitative estimate of drug-likeness (QED) is 0.324. The summed E-state index contributed by atoms with van der Waals surface area (Å²) >= 11 is 11.6. The van der Waals surface area contributed by atoms with Crippen molar-refractivity contribution in [1.29, 1.82) is 0 Å². The van der Waals surface area contributed by atoms with Crippen molar-refractivity contribution in [2.75, 3.05) is 13.7 Å². The van der Waals surface area contributed by atoms with E-state index in [4.69, 9.17) is 32.7 Å². The maximum absolute atomic E-state index is 12.0. The molecule has 0 fully saturated rings. The van der Waals surface area contributed by atoms with Crippen LogP contribution in [0.4, 0.5) is 5.69 Å². The Morgan fingerprint density at radius 1 is 1.08 bits per heavy atom. The number of ketones is 1. The van der Waals surface area contributed by atoms with Crippen LogP contribution < -0.4 is 4.74 Å². The number of Topliss-reactive ketones (excluding diaryl/α,β-unsaturated/α-hetero) is 1. The molecule has 0 unspecified atom stereocenters. The molecule has 0 aromatic heterocycles. The van der Waals surface area contributed by atoms with Crippen LogP contribution in [0.5, 0.6) is 5.75 Å². The standard InChI is InChI=1S/C16H11Cl2NO6/c1-24-15-5-3-10(7-13(15)19(22)23)16(21)25-8-14(20)9-2-4-11(17)12(18)6-9/h2-7H,8H2,1H3. The highest BCUT2D eigenvalue weighted by atomic mass is 35.5. The summed E-state index contributed by atoms with van der Waals surface area (Å²) in [6.45, 7) is -0.545. The second kappa shape index (κ2) is 7.96. The summed E-state index contributed by atoms with van der Waals surface area (Å²) in [5.74, 6) is -1.36. The van der Waals surface area contributed by atoms with Crippen LogP contribution in [-0.2, 0) is 4.74 Å². The summed E-state index contributed by atoms with van der Waals surface area (Å²) in [6, 6.07) is 7.85. The Morgan fingerprint density at radius 2 is 1.76 bits per heavy atom. The van der Waals surface area contributed by atoms with Gasteiger partial charge < -0.3 is 9.47 Å². The van der Waals surface area contributed by atoms with E-state index >= 15 is 0 Å². The van der Waals surface area contributed by atoms with E-state index in [9.17, 15) is 19.7 Å². The Hall–Kier alpha value is -2.64. The third kappa shape index (κ3) is 4.46. The number of ether oxygens (including phenoxy) is 2. The predicted molar refractivity (Wildman–Crippen MR) is 90.7 cm³/mol. The summed E-state index contributed by atoms with van der Waals surface area (Å²) in [5.41, 5.74) is -0.231. The zero-order valence-electron chi connectivity index (χ0n) is 12.8. The Morgan fingerprint density at radius 3 is 2.36 bits per heavy atom. The smallest absolute Gasteiger partial charge is 0.338 e. The van der Waals surface area contributed by atoms with Crippen molar-refractivity contribution >= 4 is 40.6 Å². The number of rotatable bonds is 6. The molecule has 0 bridgehead atoms. The molecule has 0 heterocycles. The van der Waals surface area contributed by atoms with Gasteiger partial charge in [0.2, 0.25) is 0 Å². The van der Waals surface area contributed by atoms with Crippen LogP contribution >= 0.6 is 23.2 Å². The Bertz CT molecular complexity index is 853. The number of hydrogen-bond acceptors (Lipinski definition) is 6. The number of carbonyl (C=O) groups excluding carboxylic acids is 2. The van der Waals surface area contributed by atoms with Crippen LogP contribution in [0.3, 0.4) is 0 Å². The molecule has 2 aromatic carbocycles. The van der Waals surface area contributed by atoms with Crippen molar-refractivity contribution < 1.29 is 24.0 Å². The fourth-order valence-corrected chi connectivity index (χ4v) is 2.23. The molecule has 130 valence electrons. The molecule has 7 nitrogen and oxygen atoms in total. The lowest BCUT2D eigenvalue weighted by Gasteiger charge is -2.07. The van der Waals surface area contributed by atoms with E-state index in [1.165, 1.54) is 37.4 Å². The molecule has 0 spiro atoms. The number of halogens is 2. The number of benzene rings is 2. The number of esters is 1. The lowest BCUT2D eigenvalue weighted by Crippen LogP contribution is -2.14. The van der Waals surface area contributed by atoms with Crippen molar-refractivity contribution in [3.63, 3.8) is 0 Å². The van der Waals surface area contributed by atoms with E-state index in [2.05, 4.69) is 0 Å². The zero-order chi connectivity index (χ0) is 18.6. The Kier molecular flexibility index (Phi) is 5.95. The molecule has 25 heavy (non-hydrogen) atoms. The van der Waals surface area contributed by atoms with Crippen LogP contribution in [0, 0.1) is 10.1 Å². The van der Waals surface area contributed by atoms with Gasteiger partial charge in [-0.05, 0) is 30.3 Å². The first-order valence-electron chi connectivity index (χ1n) is 6.81. The second-order valence-electron chi connectivity index (χ2n) is 4.77. The number of hydrogen-bond donors (Lipinski definition) is 0. The highest BCUT2D eigenvalue weighted by molar-refractivity contribution is 6.42. The summed E-state index contributed by atoms with van der Waals surface area (Å²) < 4.78 is 9.74. The van der Waals surface area contributed by atoms with Gasteiger partial charge in [0.05, 0.1) is 27.6 Å². The SMILES string of the molecule is COc1ccc(C(=O)OCC(=O)c2ccc(Cl)c(Cl)c2)cc1[N+](=O)[O-]. The minimum absolute atomic E-state index is 0.00781. The first kappa shape index (κ1) is 18.7. The minimum Gasteiger partial charge on any atom is -0.490 e. The predicted octanol–water partition coefficient (Wildman–Crippen LogP) is 3.95. The molecule has 0 radical (unpaired) electrons. The van der Waals surface area contributed by atoms with Gasteiger partial charge in [-0.3, -0.25) is 14.9 Å². The summed E-state index contributed by atoms with van der Waals surface area (Å²) in [5, 5.41) is 11.5. The van der Waals surface area contributed by atoms with Crippen molar-refractivity contribution in [1.82, 2.24) is 0 Å². The number of methoxy groups -OCH3 is 1. The number of carbonyl (C=O) groups is 2. The van der Waals surface area contributed by atoms with E-state index in [0.717, 1.165) is 6.07 Å². The zero-order valence-corrected chi connectivity index (χ0v) is 14.3. The fourth-order valence-electron chi connectivity index (χ4n) is 1.93. The molecular formula is C16H11Cl2NO6. The molecule has 2 rings (SSSR count). The van der Waals surface area contributed by atoms with Gasteiger partial charge >= 0.3 is 11.7 Å². The van der Waals surface area contributed by atoms with Crippen LogP contribution in [0.25, 0.3) is 0 Å². The van der Waals surface area contributed by atoms with Crippen LogP contribution in [0.15, 0.2) is 36.4 Å². The molecule has 0 amide bonds. The summed E-state index contributed by atoms with van der Waals surface area (Å²) in [6.07, 6.45) is 0. The molecule has 9 heteroatoms. The van der Waals surface area contributed by atoms with Gasteiger partial charge in [-0.25, -0.2) is 4.79 Å². The molecule has 0 saturated carbocycles. The molecule has 0 N–H and O–H groups in total. The number of nitrogens with zero attached hydrogens (tertiary/aromatic N) is 1. The lowest BCUT2D eigenvalue weighted by molar-refractivity contribution is -0.385. The molecule has 2 aromatic rings. The highest BCUT2D eigenvalue weighted by Crippen LogP contribution is 2.28. The third-order valence-electron chi connectivity index (χ3n) is 3.19. The van der Waals surface area contributed by atoms with Crippen molar-refractivity contribution in [2.24, 2.45) is 0 Å².